The minimum absolute atomic E-state index is 0.0164. The molecular weight excluding hydrogens is 373 g/mol. The van der Waals surface area contributed by atoms with Crippen molar-refractivity contribution in [3.63, 3.8) is 0 Å². The van der Waals surface area contributed by atoms with Crippen LogP contribution in [0.4, 0.5) is 5.69 Å². The van der Waals surface area contributed by atoms with E-state index in [0.29, 0.717) is 5.75 Å². The molecule has 0 fully saturated rings. The summed E-state index contributed by atoms with van der Waals surface area (Å²) in [6.07, 6.45) is 3.59. The highest BCUT2D eigenvalue weighted by Gasteiger charge is 2.08. The third kappa shape index (κ3) is 3.97. The molecule has 1 aromatic carbocycles. The molecule has 100 valence electrons. The van der Waals surface area contributed by atoms with Gasteiger partial charge in [0.05, 0.1) is 5.75 Å². The van der Waals surface area contributed by atoms with E-state index in [1.165, 1.54) is 11.8 Å². The smallest absolute Gasteiger partial charge is 0.234 e. The summed E-state index contributed by atoms with van der Waals surface area (Å²) in [6, 6.07) is 5.96. The highest BCUT2D eigenvalue weighted by molar-refractivity contribution is 14.1. The molecule has 2 rings (SSSR count). The van der Waals surface area contributed by atoms with E-state index >= 15 is 0 Å². The van der Waals surface area contributed by atoms with Crippen molar-refractivity contribution >= 4 is 45.9 Å². The Hall–Kier alpha value is -1.02. The predicted octanol–water partition coefficient (Wildman–Crippen LogP) is 3.06. The van der Waals surface area contributed by atoms with E-state index in [0.717, 1.165) is 20.0 Å². The molecule has 0 aliphatic carbocycles. The fraction of sp³-hybridized carbons (Fsp3) is 0.231. The zero-order valence-corrected chi connectivity index (χ0v) is 13.7. The lowest BCUT2D eigenvalue weighted by Crippen LogP contribution is -2.15. The normalized spacial score (nSPS) is 10.5. The minimum Gasteiger partial charge on any atom is -0.329 e. The maximum atomic E-state index is 11.9. The lowest BCUT2D eigenvalue weighted by atomic mass is 10.2. The second-order valence-electron chi connectivity index (χ2n) is 4.12. The Kier molecular flexibility index (Phi) is 4.87. The molecule has 0 aliphatic heterocycles. The van der Waals surface area contributed by atoms with Crippen LogP contribution in [0, 0.1) is 10.5 Å². The first kappa shape index (κ1) is 14.4. The highest BCUT2D eigenvalue weighted by atomic mass is 127. The number of rotatable bonds is 4. The summed E-state index contributed by atoms with van der Waals surface area (Å²) >= 11 is 3.68. The molecule has 0 bridgehead atoms. The van der Waals surface area contributed by atoms with Gasteiger partial charge in [-0.1, -0.05) is 11.8 Å². The van der Waals surface area contributed by atoms with Gasteiger partial charge >= 0.3 is 0 Å². The van der Waals surface area contributed by atoms with Crippen molar-refractivity contribution in [2.75, 3.05) is 11.1 Å². The van der Waals surface area contributed by atoms with E-state index in [4.69, 9.17) is 0 Å². The standard InChI is InChI=1S/C13H14IN3OS/c1-9-7-10(14)3-4-11(9)16-12(18)8-19-13-15-5-6-17(13)2/h3-7H,8H2,1-2H3,(H,16,18). The van der Waals surface area contributed by atoms with Crippen LogP contribution in [0.5, 0.6) is 0 Å². The number of anilines is 1. The van der Waals surface area contributed by atoms with Crippen molar-refractivity contribution < 1.29 is 4.79 Å². The van der Waals surface area contributed by atoms with Crippen LogP contribution >= 0.6 is 34.4 Å². The first-order valence-electron chi connectivity index (χ1n) is 5.72. The molecule has 0 saturated carbocycles. The molecule has 1 N–H and O–H groups in total. The predicted molar refractivity (Wildman–Crippen MR) is 86.5 cm³/mol. The maximum absolute atomic E-state index is 11.9. The zero-order chi connectivity index (χ0) is 13.8. The van der Waals surface area contributed by atoms with Crippen molar-refractivity contribution in [1.29, 1.82) is 0 Å². The lowest BCUT2D eigenvalue weighted by Gasteiger charge is -2.08. The van der Waals surface area contributed by atoms with E-state index in [2.05, 4.69) is 32.9 Å². The number of carbonyl (C=O) groups excluding carboxylic acids is 1. The van der Waals surface area contributed by atoms with Crippen molar-refractivity contribution in [3.8, 4) is 0 Å². The molecular formula is C13H14IN3OS. The van der Waals surface area contributed by atoms with Gasteiger partial charge in [0.15, 0.2) is 5.16 Å². The Bertz CT molecular complexity index is 597. The van der Waals surface area contributed by atoms with Gasteiger partial charge in [-0.05, 0) is 53.3 Å². The van der Waals surface area contributed by atoms with Gasteiger partial charge in [0.2, 0.25) is 5.91 Å². The van der Waals surface area contributed by atoms with E-state index < -0.39 is 0 Å². The van der Waals surface area contributed by atoms with Crippen molar-refractivity contribution in [2.45, 2.75) is 12.1 Å². The Balaban J connectivity index is 1.93. The summed E-state index contributed by atoms with van der Waals surface area (Å²) in [4.78, 5) is 16.1. The number of nitrogens with zero attached hydrogens (tertiary/aromatic N) is 2. The van der Waals surface area contributed by atoms with Gasteiger partial charge in [-0.15, -0.1) is 0 Å². The minimum atomic E-state index is -0.0164. The number of hydrogen-bond donors (Lipinski definition) is 1. The maximum Gasteiger partial charge on any atom is 0.234 e. The van der Waals surface area contributed by atoms with Crippen molar-refractivity contribution in [2.24, 2.45) is 7.05 Å². The van der Waals surface area contributed by atoms with Crippen LogP contribution in [0.3, 0.4) is 0 Å². The number of halogens is 1. The van der Waals surface area contributed by atoms with Gasteiger partial charge in [-0.3, -0.25) is 4.79 Å². The number of aromatic nitrogens is 2. The lowest BCUT2D eigenvalue weighted by molar-refractivity contribution is -0.113. The molecule has 1 heterocycles. The second-order valence-corrected chi connectivity index (χ2v) is 6.30. The third-order valence-electron chi connectivity index (χ3n) is 2.57. The molecule has 1 amide bonds. The zero-order valence-electron chi connectivity index (χ0n) is 10.7. The summed E-state index contributed by atoms with van der Waals surface area (Å²) in [7, 11) is 1.91. The second kappa shape index (κ2) is 6.42. The number of amides is 1. The van der Waals surface area contributed by atoms with E-state index in [1.54, 1.807) is 6.20 Å². The summed E-state index contributed by atoms with van der Waals surface area (Å²) in [6.45, 7) is 1.99. The van der Waals surface area contributed by atoms with Gasteiger partial charge < -0.3 is 9.88 Å². The first-order chi connectivity index (χ1) is 9.06. The van der Waals surface area contributed by atoms with E-state index in [9.17, 15) is 4.79 Å². The Morgan fingerprint density at radius 1 is 1.53 bits per heavy atom. The van der Waals surface area contributed by atoms with Gasteiger partial charge in [0, 0.05) is 28.7 Å². The molecule has 0 spiro atoms. The van der Waals surface area contributed by atoms with Crippen LogP contribution in [0.15, 0.2) is 35.7 Å². The van der Waals surface area contributed by atoms with Gasteiger partial charge in [-0.25, -0.2) is 4.98 Å². The largest absolute Gasteiger partial charge is 0.329 e. The molecule has 1 aromatic heterocycles. The monoisotopic (exact) mass is 387 g/mol. The Morgan fingerprint density at radius 3 is 2.95 bits per heavy atom. The number of imidazole rings is 1. The van der Waals surface area contributed by atoms with Crippen LogP contribution < -0.4 is 5.32 Å². The van der Waals surface area contributed by atoms with Crippen LogP contribution in [0.25, 0.3) is 0 Å². The number of aryl methyl sites for hydroxylation is 2. The van der Waals surface area contributed by atoms with Gasteiger partial charge in [-0.2, -0.15) is 0 Å². The van der Waals surface area contributed by atoms with Crippen LogP contribution in [-0.2, 0) is 11.8 Å². The molecule has 0 atom stereocenters. The highest BCUT2D eigenvalue weighted by Crippen LogP contribution is 2.19. The third-order valence-corrected chi connectivity index (χ3v) is 4.30. The van der Waals surface area contributed by atoms with Crippen molar-refractivity contribution in [1.82, 2.24) is 9.55 Å². The summed E-state index contributed by atoms with van der Waals surface area (Å²) in [5.74, 6) is 0.341. The molecule has 19 heavy (non-hydrogen) atoms. The average molecular weight is 387 g/mol. The van der Waals surface area contributed by atoms with Crippen molar-refractivity contribution in [3.05, 3.63) is 39.7 Å². The molecule has 4 nitrogen and oxygen atoms in total. The molecule has 0 aliphatic rings. The SMILES string of the molecule is Cc1cc(I)ccc1NC(=O)CSc1nccn1C. The topological polar surface area (TPSA) is 46.9 Å². The number of benzene rings is 1. The van der Waals surface area contributed by atoms with Crippen LogP contribution in [0.1, 0.15) is 5.56 Å². The van der Waals surface area contributed by atoms with Gasteiger partial charge in [0.1, 0.15) is 0 Å². The molecule has 0 radical (unpaired) electrons. The number of hydrogen-bond acceptors (Lipinski definition) is 3. The Morgan fingerprint density at radius 2 is 2.32 bits per heavy atom. The molecule has 0 saturated heterocycles. The summed E-state index contributed by atoms with van der Waals surface area (Å²) < 4.78 is 3.06. The fourth-order valence-corrected chi connectivity index (χ4v) is 2.95. The number of carbonyl (C=O) groups is 1. The van der Waals surface area contributed by atoms with Crippen LogP contribution in [0.2, 0.25) is 0 Å². The van der Waals surface area contributed by atoms with Crippen LogP contribution in [-0.4, -0.2) is 21.2 Å². The molecule has 6 heteroatoms. The first-order valence-corrected chi connectivity index (χ1v) is 7.79. The summed E-state index contributed by atoms with van der Waals surface area (Å²) in [5, 5.41) is 3.76. The van der Waals surface area contributed by atoms with Gasteiger partial charge in [0.25, 0.3) is 0 Å². The molecule has 2 aromatic rings. The average Bonchev–Trinajstić information content (AvgIpc) is 2.76. The quantitative estimate of drug-likeness (QED) is 0.648. The fourth-order valence-electron chi connectivity index (χ4n) is 1.57. The number of thioether (sulfide) groups is 1. The van der Waals surface area contributed by atoms with E-state index in [1.807, 2.05) is 42.9 Å². The molecule has 0 unspecified atom stereocenters. The number of nitrogens with one attached hydrogen (secondary N) is 1. The summed E-state index contributed by atoms with van der Waals surface area (Å²) in [5.41, 5.74) is 1.94. The Labute approximate surface area is 130 Å². The van der Waals surface area contributed by atoms with E-state index in [-0.39, 0.29) is 5.91 Å².